The summed E-state index contributed by atoms with van der Waals surface area (Å²) in [6.07, 6.45) is 0. The van der Waals surface area contributed by atoms with E-state index in [0.29, 0.717) is 11.3 Å². The Balaban J connectivity index is 2.69. The number of fused-ring (bicyclic) bond motifs is 1. The Morgan fingerprint density at radius 1 is 1.00 bits per heavy atom. The highest BCUT2D eigenvalue weighted by Gasteiger charge is 2.37. The maximum absolute atomic E-state index is 12.0. The number of nitrogens with one attached hydrogen (secondary N) is 1. The van der Waals surface area contributed by atoms with Crippen molar-refractivity contribution in [1.82, 2.24) is 0 Å². The summed E-state index contributed by atoms with van der Waals surface area (Å²) in [7, 11) is 2.05. The highest BCUT2D eigenvalue weighted by Crippen LogP contribution is 2.34. The molecule has 2 rings (SSSR count). The predicted octanol–water partition coefficient (Wildman–Crippen LogP) is 0.307. The molecule has 7 nitrogen and oxygen atoms in total. The first-order valence-corrected chi connectivity index (χ1v) is 5.87. The zero-order chi connectivity index (χ0) is 15.6. The van der Waals surface area contributed by atoms with E-state index in [2.05, 4.69) is 14.8 Å². The van der Waals surface area contributed by atoms with E-state index < -0.39 is 29.2 Å². The third-order valence-electron chi connectivity index (χ3n) is 2.91. The lowest BCUT2D eigenvalue weighted by molar-refractivity contribution is -0.151. The van der Waals surface area contributed by atoms with E-state index in [1.807, 2.05) is 0 Å². The molecule has 0 radical (unpaired) electrons. The van der Waals surface area contributed by atoms with Crippen LogP contribution in [0.25, 0.3) is 5.57 Å². The summed E-state index contributed by atoms with van der Waals surface area (Å²) in [5.41, 5.74) is -0.0589. The SMILES string of the molecule is COC(=O)C(=O)/C(C(=O)OC)=C1\C(=O)Nc2ccccc21. The minimum atomic E-state index is -1.25. The van der Waals surface area contributed by atoms with Gasteiger partial charge in [-0.25, -0.2) is 9.59 Å². The number of benzene rings is 1. The lowest BCUT2D eigenvalue weighted by Gasteiger charge is -2.06. The van der Waals surface area contributed by atoms with Crippen LogP contribution in [0.5, 0.6) is 0 Å². The van der Waals surface area contributed by atoms with E-state index >= 15 is 0 Å². The molecule has 1 N–H and O–H groups in total. The summed E-state index contributed by atoms with van der Waals surface area (Å²) < 4.78 is 8.81. The fourth-order valence-electron chi connectivity index (χ4n) is 1.97. The second-order valence-corrected chi connectivity index (χ2v) is 4.06. The van der Waals surface area contributed by atoms with Crippen molar-refractivity contribution in [1.29, 1.82) is 0 Å². The molecular formula is C14H11NO6. The summed E-state index contributed by atoms with van der Waals surface area (Å²) in [4.78, 5) is 47.3. The molecule has 0 aliphatic carbocycles. The van der Waals surface area contributed by atoms with Crippen LogP contribution in [-0.4, -0.2) is 37.8 Å². The average molecular weight is 289 g/mol. The fourth-order valence-corrected chi connectivity index (χ4v) is 1.97. The van der Waals surface area contributed by atoms with Crippen LogP contribution in [-0.2, 0) is 28.7 Å². The van der Waals surface area contributed by atoms with Crippen molar-refractivity contribution in [3.63, 3.8) is 0 Å². The number of carbonyl (C=O) groups excluding carboxylic acids is 4. The van der Waals surface area contributed by atoms with Gasteiger partial charge in [0.2, 0.25) is 0 Å². The van der Waals surface area contributed by atoms with Crippen LogP contribution in [0.15, 0.2) is 29.8 Å². The highest BCUT2D eigenvalue weighted by atomic mass is 16.5. The summed E-state index contributed by atoms with van der Waals surface area (Å²) in [6.45, 7) is 0. The molecule has 108 valence electrons. The number of amides is 1. The second kappa shape index (κ2) is 5.58. The van der Waals surface area contributed by atoms with Crippen LogP contribution < -0.4 is 5.32 Å². The van der Waals surface area contributed by atoms with Gasteiger partial charge in [-0.1, -0.05) is 18.2 Å². The van der Waals surface area contributed by atoms with Crippen LogP contribution in [0.1, 0.15) is 5.56 Å². The van der Waals surface area contributed by atoms with Gasteiger partial charge in [0.25, 0.3) is 11.7 Å². The molecule has 0 spiro atoms. The Bertz CT molecular complexity index is 688. The van der Waals surface area contributed by atoms with Gasteiger partial charge in [0.15, 0.2) is 0 Å². The normalized spacial score (nSPS) is 14.9. The average Bonchev–Trinajstić information content (AvgIpc) is 2.82. The Morgan fingerprint density at radius 3 is 2.24 bits per heavy atom. The number of carbonyl (C=O) groups is 4. The zero-order valence-electron chi connectivity index (χ0n) is 11.3. The van der Waals surface area contributed by atoms with E-state index in [1.165, 1.54) is 0 Å². The number of methoxy groups -OCH3 is 2. The molecule has 1 aliphatic rings. The Morgan fingerprint density at radius 2 is 1.62 bits per heavy atom. The van der Waals surface area contributed by atoms with Gasteiger partial charge in [-0.15, -0.1) is 0 Å². The maximum Gasteiger partial charge on any atom is 0.379 e. The molecule has 0 atom stereocenters. The minimum absolute atomic E-state index is 0.201. The molecule has 1 aliphatic heterocycles. The minimum Gasteiger partial charge on any atom is -0.465 e. The van der Waals surface area contributed by atoms with Gasteiger partial charge in [0.05, 0.1) is 19.8 Å². The first-order chi connectivity index (χ1) is 10.0. The van der Waals surface area contributed by atoms with E-state index in [-0.39, 0.29) is 5.57 Å². The van der Waals surface area contributed by atoms with Crippen molar-refractivity contribution in [2.45, 2.75) is 0 Å². The van der Waals surface area contributed by atoms with Crippen molar-refractivity contribution < 1.29 is 28.7 Å². The third-order valence-corrected chi connectivity index (χ3v) is 2.91. The van der Waals surface area contributed by atoms with Crippen molar-refractivity contribution >= 4 is 34.9 Å². The largest absolute Gasteiger partial charge is 0.465 e. The topological polar surface area (TPSA) is 98.8 Å². The number of hydrogen-bond donors (Lipinski definition) is 1. The monoisotopic (exact) mass is 289 g/mol. The number of ether oxygens (including phenoxy) is 2. The molecule has 0 saturated heterocycles. The number of esters is 2. The van der Waals surface area contributed by atoms with Crippen LogP contribution >= 0.6 is 0 Å². The molecule has 0 bridgehead atoms. The first kappa shape index (κ1) is 14.4. The lowest BCUT2D eigenvalue weighted by atomic mass is 9.98. The fraction of sp³-hybridized carbons (Fsp3) is 0.143. The van der Waals surface area contributed by atoms with Gasteiger partial charge in [-0.3, -0.25) is 9.59 Å². The van der Waals surface area contributed by atoms with E-state index in [9.17, 15) is 19.2 Å². The van der Waals surface area contributed by atoms with Crippen molar-refractivity contribution in [3.05, 3.63) is 35.4 Å². The lowest BCUT2D eigenvalue weighted by Crippen LogP contribution is -2.26. The summed E-state index contributed by atoms with van der Waals surface area (Å²) in [5.74, 6) is -4.22. The van der Waals surface area contributed by atoms with Gasteiger partial charge in [-0.05, 0) is 6.07 Å². The van der Waals surface area contributed by atoms with E-state index in [0.717, 1.165) is 14.2 Å². The van der Waals surface area contributed by atoms with Gasteiger partial charge in [0, 0.05) is 11.3 Å². The molecular weight excluding hydrogens is 278 g/mol. The van der Waals surface area contributed by atoms with Gasteiger partial charge in [-0.2, -0.15) is 0 Å². The molecule has 7 heteroatoms. The number of hydrogen-bond acceptors (Lipinski definition) is 6. The molecule has 1 amide bonds. The quantitative estimate of drug-likeness (QED) is 0.283. The molecule has 1 aromatic carbocycles. The summed E-state index contributed by atoms with van der Waals surface area (Å²) in [5, 5.41) is 2.51. The number of rotatable bonds is 3. The Kier molecular flexibility index (Phi) is 3.84. The zero-order valence-corrected chi connectivity index (χ0v) is 11.3. The van der Waals surface area contributed by atoms with Crippen LogP contribution in [0.4, 0.5) is 5.69 Å². The standard InChI is InChI=1S/C14H11NO6/c1-20-13(18)10(11(16)14(19)21-2)9-7-5-3-4-6-8(7)15-12(9)17/h3-6H,1-2H3,(H,15,17)/b10-9+. The van der Waals surface area contributed by atoms with Crippen LogP contribution in [0.2, 0.25) is 0 Å². The smallest absolute Gasteiger partial charge is 0.379 e. The third kappa shape index (κ3) is 2.40. The molecule has 0 aromatic heterocycles. The van der Waals surface area contributed by atoms with Crippen molar-refractivity contribution in [3.8, 4) is 0 Å². The molecule has 0 saturated carbocycles. The van der Waals surface area contributed by atoms with Crippen LogP contribution in [0.3, 0.4) is 0 Å². The number of Topliss-reactive ketones (excluding diaryl/α,β-unsaturated/α-hetero) is 1. The summed E-state index contributed by atoms with van der Waals surface area (Å²) >= 11 is 0. The molecule has 1 heterocycles. The summed E-state index contributed by atoms with van der Waals surface area (Å²) in [6, 6.07) is 6.48. The Labute approximate surface area is 119 Å². The van der Waals surface area contributed by atoms with Crippen molar-refractivity contribution in [2.24, 2.45) is 0 Å². The molecule has 1 aromatic rings. The highest BCUT2D eigenvalue weighted by molar-refractivity contribution is 6.53. The molecule has 21 heavy (non-hydrogen) atoms. The molecule has 0 unspecified atom stereocenters. The number of ketones is 1. The van der Waals surface area contributed by atoms with Gasteiger partial charge >= 0.3 is 11.9 Å². The second-order valence-electron chi connectivity index (χ2n) is 4.06. The van der Waals surface area contributed by atoms with Crippen molar-refractivity contribution in [2.75, 3.05) is 19.5 Å². The predicted molar refractivity (Wildman–Crippen MR) is 71.0 cm³/mol. The van der Waals surface area contributed by atoms with E-state index in [1.54, 1.807) is 24.3 Å². The number of para-hydroxylation sites is 1. The van der Waals surface area contributed by atoms with Crippen LogP contribution in [0, 0.1) is 0 Å². The molecule has 0 fully saturated rings. The number of anilines is 1. The maximum atomic E-state index is 12.0. The van der Waals surface area contributed by atoms with Gasteiger partial charge < -0.3 is 14.8 Å². The Hall–Kier alpha value is -2.96. The van der Waals surface area contributed by atoms with Gasteiger partial charge in [0.1, 0.15) is 5.57 Å². The van der Waals surface area contributed by atoms with E-state index in [4.69, 9.17) is 0 Å². The first-order valence-electron chi connectivity index (χ1n) is 5.87.